The summed E-state index contributed by atoms with van der Waals surface area (Å²) in [5.74, 6) is 0.760. The second kappa shape index (κ2) is 6.95. The highest BCUT2D eigenvalue weighted by molar-refractivity contribution is 9.10. The minimum Gasteiger partial charge on any atom is -0.339 e. The molecule has 0 aliphatic rings. The molecule has 2 aromatic rings. The van der Waals surface area contributed by atoms with Gasteiger partial charge in [0.05, 0.1) is 4.47 Å². The normalized spacial score (nSPS) is 12.6. The maximum absolute atomic E-state index is 13.2. The molecule has 0 spiro atoms. The molecule has 0 saturated carbocycles. The fourth-order valence-electron chi connectivity index (χ4n) is 2.00. The van der Waals surface area contributed by atoms with Gasteiger partial charge in [0.25, 0.3) is 0 Å². The highest BCUT2D eigenvalue weighted by Gasteiger charge is 2.14. The van der Waals surface area contributed by atoms with Crippen molar-refractivity contribution in [2.24, 2.45) is 0 Å². The van der Waals surface area contributed by atoms with E-state index in [1.54, 1.807) is 12.1 Å². The van der Waals surface area contributed by atoms with Crippen LogP contribution in [0.1, 0.15) is 25.7 Å². The maximum Gasteiger partial charge on any atom is 0.228 e. The first-order chi connectivity index (χ1) is 9.63. The Labute approximate surface area is 125 Å². The number of halogens is 2. The van der Waals surface area contributed by atoms with Gasteiger partial charge in [-0.05, 0) is 47.6 Å². The van der Waals surface area contributed by atoms with Gasteiger partial charge in [-0.25, -0.2) is 4.39 Å². The van der Waals surface area contributed by atoms with E-state index in [9.17, 15) is 4.39 Å². The molecule has 0 aliphatic heterocycles. The van der Waals surface area contributed by atoms with E-state index in [1.807, 2.05) is 7.05 Å². The van der Waals surface area contributed by atoms with Crippen LogP contribution >= 0.6 is 15.9 Å². The van der Waals surface area contributed by atoms with Gasteiger partial charge in [-0.1, -0.05) is 18.5 Å². The van der Waals surface area contributed by atoms with Gasteiger partial charge in [0, 0.05) is 18.0 Å². The van der Waals surface area contributed by atoms with Crippen molar-refractivity contribution in [3.05, 3.63) is 34.4 Å². The van der Waals surface area contributed by atoms with Crippen molar-refractivity contribution in [2.45, 2.75) is 32.2 Å². The molecule has 6 heteroatoms. The summed E-state index contributed by atoms with van der Waals surface area (Å²) < 4.78 is 18.8. The predicted molar refractivity (Wildman–Crippen MR) is 78.9 cm³/mol. The fourth-order valence-corrected chi connectivity index (χ4v) is 2.38. The van der Waals surface area contributed by atoms with Crippen LogP contribution in [0, 0.1) is 5.82 Å². The Kier molecular flexibility index (Phi) is 5.25. The van der Waals surface area contributed by atoms with Crippen LogP contribution in [-0.2, 0) is 6.42 Å². The maximum atomic E-state index is 13.2. The van der Waals surface area contributed by atoms with Gasteiger partial charge in [0.2, 0.25) is 11.7 Å². The lowest BCUT2D eigenvalue weighted by molar-refractivity contribution is 0.356. The van der Waals surface area contributed by atoms with E-state index in [-0.39, 0.29) is 5.82 Å². The van der Waals surface area contributed by atoms with E-state index in [4.69, 9.17) is 4.52 Å². The molecule has 1 aromatic heterocycles. The zero-order chi connectivity index (χ0) is 14.5. The first-order valence-corrected chi connectivity index (χ1v) is 7.38. The molecule has 0 amide bonds. The van der Waals surface area contributed by atoms with Crippen LogP contribution in [0.15, 0.2) is 27.2 Å². The number of aromatic nitrogens is 2. The number of benzene rings is 1. The van der Waals surface area contributed by atoms with Gasteiger partial charge in [-0.3, -0.25) is 0 Å². The molecule has 0 saturated heterocycles. The Balaban J connectivity index is 2.13. The lowest BCUT2D eigenvalue weighted by Gasteiger charge is -2.11. The summed E-state index contributed by atoms with van der Waals surface area (Å²) in [5, 5.41) is 7.18. The molecule has 2 rings (SSSR count). The van der Waals surface area contributed by atoms with Crippen LogP contribution in [0.5, 0.6) is 0 Å². The zero-order valence-electron chi connectivity index (χ0n) is 11.5. The highest BCUT2D eigenvalue weighted by atomic mass is 79.9. The van der Waals surface area contributed by atoms with Gasteiger partial charge in [-0.15, -0.1) is 0 Å². The van der Waals surface area contributed by atoms with E-state index < -0.39 is 0 Å². The minimum atomic E-state index is -0.310. The number of nitrogens with zero attached hydrogens (tertiary/aromatic N) is 2. The number of likely N-dealkylation sites (N-methyl/N-ethyl adjacent to an activating group) is 1. The molecule has 4 nitrogen and oxygen atoms in total. The van der Waals surface area contributed by atoms with Crippen molar-refractivity contribution in [3.63, 3.8) is 0 Å². The molecule has 1 N–H and O–H groups in total. The van der Waals surface area contributed by atoms with Gasteiger partial charge in [0.15, 0.2) is 0 Å². The average Bonchev–Trinajstić information content (AvgIpc) is 2.90. The Hall–Kier alpha value is -1.27. The van der Waals surface area contributed by atoms with Crippen LogP contribution in [0.3, 0.4) is 0 Å². The molecule has 0 fully saturated rings. The molecule has 0 radical (unpaired) electrons. The van der Waals surface area contributed by atoms with E-state index in [1.165, 1.54) is 6.07 Å². The SMILES string of the molecule is CCCC(Cc1nc(-c2ccc(F)c(Br)c2)no1)NC. The standard InChI is InChI=1S/C14H17BrFN3O/c1-3-4-10(17-2)8-13-18-14(19-20-13)9-5-6-12(16)11(15)7-9/h5-7,10,17H,3-4,8H2,1-2H3. The van der Waals surface area contributed by atoms with E-state index in [0.29, 0.717) is 28.7 Å². The van der Waals surface area contributed by atoms with Crippen molar-refractivity contribution in [3.8, 4) is 11.4 Å². The first kappa shape index (κ1) is 15.1. The third-order valence-corrected chi connectivity index (χ3v) is 3.72. The number of rotatable bonds is 6. The van der Waals surface area contributed by atoms with Crippen LogP contribution in [-0.4, -0.2) is 23.2 Å². The smallest absolute Gasteiger partial charge is 0.228 e. The van der Waals surface area contributed by atoms with Crippen LogP contribution in [0.2, 0.25) is 0 Å². The second-order valence-corrected chi connectivity index (χ2v) is 5.47. The van der Waals surface area contributed by atoms with Crippen LogP contribution < -0.4 is 5.32 Å². The molecule has 1 atom stereocenters. The van der Waals surface area contributed by atoms with E-state index in [2.05, 4.69) is 38.3 Å². The summed E-state index contributed by atoms with van der Waals surface area (Å²) >= 11 is 3.15. The molecule has 0 bridgehead atoms. The van der Waals surface area contributed by atoms with Crippen LogP contribution in [0.25, 0.3) is 11.4 Å². The Bertz CT molecular complexity index is 573. The number of nitrogens with one attached hydrogen (secondary N) is 1. The molecule has 1 heterocycles. The fraction of sp³-hybridized carbons (Fsp3) is 0.429. The summed E-state index contributed by atoms with van der Waals surface area (Å²) in [6.07, 6.45) is 2.84. The summed E-state index contributed by atoms with van der Waals surface area (Å²) in [4.78, 5) is 4.36. The largest absolute Gasteiger partial charge is 0.339 e. The van der Waals surface area contributed by atoms with Gasteiger partial charge in [0.1, 0.15) is 5.82 Å². The van der Waals surface area contributed by atoms with Crippen molar-refractivity contribution >= 4 is 15.9 Å². The molecule has 20 heavy (non-hydrogen) atoms. The van der Waals surface area contributed by atoms with Crippen LogP contribution in [0.4, 0.5) is 4.39 Å². The molecular weight excluding hydrogens is 325 g/mol. The van der Waals surface area contributed by atoms with Crippen molar-refractivity contribution in [2.75, 3.05) is 7.05 Å². The summed E-state index contributed by atoms with van der Waals surface area (Å²) in [6, 6.07) is 4.98. The number of hydrogen-bond acceptors (Lipinski definition) is 4. The highest BCUT2D eigenvalue weighted by Crippen LogP contribution is 2.23. The third kappa shape index (κ3) is 3.64. The van der Waals surface area contributed by atoms with Crippen molar-refractivity contribution < 1.29 is 8.91 Å². The topological polar surface area (TPSA) is 51.0 Å². The average molecular weight is 342 g/mol. The lowest BCUT2D eigenvalue weighted by atomic mass is 10.1. The summed E-state index contributed by atoms with van der Waals surface area (Å²) in [7, 11) is 1.93. The second-order valence-electron chi connectivity index (χ2n) is 4.62. The third-order valence-electron chi connectivity index (χ3n) is 3.11. The van der Waals surface area contributed by atoms with Crippen molar-refractivity contribution in [1.29, 1.82) is 0 Å². The molecule has 1 unspecified atom stereocenters. The monoisotopic (exact) mass is 341 g/mol. The Morgan fingerprint density at radius 2 is 2.25 bits per heavy atom. The quantitative estimate of drug-likeness (QED) is 0.872. The van der Waals surface area contributed by atoms with Gasteiger partial charge >= 0.3 is 0 Å². The molecular formula is C14H17BrFN3O. The van der Waals surface area contributed by atoms with Gasteiger partial charge < -0.3 is 9.84 Å². The molecule has 1 aromatic carbocycles. The first-order valence-electron chi connectivity index (χ1n) is 6.59. The van der Waals surface area contributed by atoms with Crippen molar-refractivity contribution in [1.82, 2.24) is 15.5 Å². The predicted octanol–water partition coefficient (Wildman–Crippen LogP) is 3.57. The number of hydrogen-bond donors (Lipinski definition) is 1. The molecule has 0 aliphatic carbocycles. The minimum absolute atomic E-state index is 0.310. The Morgan fingerprint density at radius 3 is 2.90 bits per heavy atom. The lowest BCUT2D eigenvalue weighted by Crippen LogP contribution is -2.27. The van der Waals surface area contributed by atoms with E-state index >= 15 is 0 Å². The van der Waals surface area contributed by atoms with Gasteiger partial charge in [-0.2, -0.15) is 4.98 Å². The Morgan fingerprint density at radius 1 is 1.45 bits per heavy atom. The van der Waals surface area contributed by atoms with E-state index in [0.717, 1.165) is 18.4 Å². The summed E-state index contributed by atoms with van der Waals surface area (Å²) in [6.45, 7) is 2.14. The molecule has 108 valence electrons. The zero-order valence-corrected chi connectivity index (χ0v) is 13.1. The summed E-state index contributed by atoms with van der Waals surface area (Å²) in [5.41, 5.74) is 0.727.